The molecule has 4 N–H and O–H groups in total. The van der Waals surface area contributed by atoms with Crippen molar-refractivity contribution < 1.29 is 29.0 Å². The number of hydrogen-bond acceptors (Lipinski definition) is 6. The molecule has 10 heteroatoms. The van der Waals surface area contributed by atoms with Crippen LogP contribution in [-0.4, -0.2) is 59.1 Å². The number of aliphatic carboxylic acids is 1. The molecular weight excluding hydrogens is 500 g/mol. The molecule has 1 heterocycles. The van der Waals surface area contributed by atoms with Crippen molar-refractivity contribution in [3.05, 3.63) is 95.6 Å². The van der Waals surface area contributed by atoms with E-state index in [4.69, 9.17) is 9.84 Å². The number of rotatable bonds is 6. The number of hydrazine groups is 1. The van der Waals surface area contributed by atoms with E-state index in [1.165, 1.54) is 0 Å². The summed E-state index contributed by atoms with van der Waals surface area (Å²) < 4.78 is 5.45. The van der Waals surface area contributed by atoms with Crippen LogP contribution in [0.4, 0.5) is 4.79 Å². The van der Waals surface area contributed by atoms with Crippen molar-refractivity contribution in [2.24, 2.45) is 0 Å². The van der Waals surface area contributed by atoms with Crippen molar-refractivity contribution in [2.75, 3.05) is 19.7 Å². The summed E-state index contributed by atoms with van der Waals surface area (Å²) in [6.45, 7) is 1.08. The number of fused-ring (bicyclic) bond motifs is 3. The van der Waals surface area contributed by atoms with Crippen LogP contribution in [0.5, 0.6) is 0 Å². The average molecular weight is 529 g/mol. The normalized spacial score (nSPS) is 18.1. The summed E-state index contributed by atoms with van der Waals surface area (Å²) >= 11 is 0. The monoisotopic (exact) mass is 528 g/mol. The molecule has 2 aliphatic rings. The molecule has 3 amide bonds. The van der Waals surface area contributed by atoms with Crippen LogP contribution in [0, 0.1) is 0 Å². The second-order valence-corrected chi connectivity index (χ2v) is 9.69. The Morgan fingerprint density at radius 1 is 0.872 bits per heavy atom. The second-order valence-electron chi connectivity index (χ2n) is 9.69. The minimum Gasteiger partial charge on any atom is -0.474 e. The van der Waals surface area contributed by atoms with E-state index in [1.54, 1.807) is 0 Å². The summed E-state index contributed by atoms with van der Waals surface area (Å²) in [4.78, 5) is 50.9. The van der Waals surface area contributed by atoms with Gasteiger partial charge >= 0.3 is 18.0 Å². The Bertz CT molecular complexity index is 1370. The van der Waals surface area contributed by atoms with E-state index in [-0.39, 0.29) is 25.5 Å². The first kappa shape index (κ1) is 25.9. The molecular formula is C29H28N4O6. The van der Waals surface area contributed by atoms with Crippen LogP contribution >= 0.6 is 0 Å². The molecule has 0 radical (unpaired) electrons. The lowest BCUT2D eigenvalue weighted by Gasteiger charge is -2.28. The van der Waals surface area contributed by atoms with Gasteiger partial charge in [0.05, 0.1) is 0 Å². The third kappa shape index (κ3) is 5.46. The van der Waals surface area contributed by atoms with Crippen LogP contribution in [0.2, 0.25) is 0 Å². The highest BCUT2D eigenvalue weighted by atomic mass is 16.6. The smallest absolute Gasteiger partial charge is 0.426 e. The Balaban J connectivity index is 1.21. The van der Waals surface area contributed by atoms with Gasteiger partial charge in [0.25, 0.3) is 5.91 Å². The Labute approximate surface area is 224 Å². The van der Waals surface area contributed by atoms with Gasteiger partial charge in [0.15, 0.2) is 0 Å². The van der Waals surface area contributed by atoms with Gasteiger partial charge in [-0.25, -0.2) is 15.0 Å². The molecule has 3 aromatic carbocycles. The number of benzene rings is 3. The molecule has 1 fully saturated rings. The number of carbonyl (C=O) groups excluding carboxylic acids is 3. The van der Waals surface area contributed by atoms with Gasteiger partial charge in [0.2, 0.25) is 0 Å². The summed E-state index contributed by atoms with van der Waals surface area (Å²) in [5, 5.41) is 11.5. The number of likely N-dealkylation sites (tertiary alicyclic amines) is 1. The fourth-order valence-electron chi connectivity index (χ4n) is 5.34. The highest BCUT2D eigenvalue weighted by Gasteiger charge is 2.47. The number of carboxylic acid groups (broad SMARTS) is 1. The second kappa shape index (κ2) is 11.0. The van der Waals surface area contributed by atoms with Gasteiger partial charge in [-0.3, -0.25) is 19.9 Å². The first-order valence-electron chi connectivity index (χ1n) is 12.6. The number of amides is 3. The number of nitrogens with zero attached hydrogens (tertiary/aromatic N) is 1. The Morgan fingerprint density at radius 3 is 2.13 bits per heavy atom. The summed E-state index contributed by atoms with van der Waals surface area (Å²) in [7, 11) is 0. The molecule has 1 aliphatic carbocycles. The van der Waals surface area contributed by atoms with Crippen molar-refractivity contribution in [1.82, 2.24) is 21.1 Å². The third-order valence-corrected chi connectivity index (χ3v) is 7.20. The molecule has 0 aromatic heterocycles. The SMILES string of the molecule is O=C(NNC(=O)C1(NC(=O)C(=O)O)CCN(Cc2ccccc2)C1)OCC1c2ccccc2-c2ccccc21. The first-order valence-corrected chi connectivity index (χ1v) is 12.6. The number of ether oxygens (including phenoxy) is 1. The van der Waals surface area contributed by atoms with Gasteiger partial charge in [-0.1, -0.05) is 78.9 Å². The van der Waals surface area contributed by atoms with Crippen molar-refractivity contribution in [1.29, 1.82) is 0 Å². The molecule has 5 rings (SSSR count). The number of nitrogens with one attached hydrogen (secondary N) is 3. The van der Waals surface area contributed by atoms with Gasteiger partial charge in [0, 0.05) is 25.6 Å². The van der Waals surface area contributed by atoms with E-state index in [9.17, 15) is 19.2 Å². The fraction of sp³-hybridized carbons (Fsp3) is 0.241. The van der Waals surface area contributed by atoms with Crippen molar-refractivity contribution in [2.45, 2.75) is 24.4 Å². The van der Waals surface area contributed by atoms with E-state index in [0.717, 1.165) is 27.8 Å². The molecule has 200 valence electrons. The maximum atomic E-state index is 13.2. The fourth-order valence-corrected chi connectivity index (χ4v) is 5.34. The molecule has 0 bridgehead atoms. The topological polar surface area (TPSA) is 137 Å². The number of hydrogen-bond donors (Lipinski definition) is 4. The Morgan fingerprint density at radius 2 is 1.49 bits per heavy atom. The lowest BCUT2D eigenvalue weighted by molar-refractivity contribution is -0.152. The molecule has 1 aliphatic heterocycles. The lowest BCUT2D eigenvalue weighted by Crippen LogP contribution is -2.63. The van der Waals surface area contributed by atoms with Crippen LogP contribution in [0.25, 0.3) is 11.1 Å². The molecule has 1 unspecified atom stereocenters. The number of carbonyl (C=O) groups is 4. The van der Waals surface area contributed by atoms with Crippen LogP contribution < -0.4 is 16.2 Å². The summed E-state index contributed by atoms with van der Waals surface area (Å²) in [6.07, 6.45) is -0.707. The van der Waals surface area contributed by atoms with E-state index in [1.807, 2.05) is 83.8 Å². The molecule has 39 heavy (non-hydrogen) atoms. The highest BCUT2D eigenvalue weighted by Crippen LogP contribution is 2.44. The summed E-state index contributed by atoms with van der Waals surface area (Å²) in [5.41, 5.74) is 8.31. The van der Waals surface area contributed by atoms with Crippen LogP contribution in [-0.2, 0) is 25.7 Å². The Hall–Kier alpha value is -4.70. The van der Waals surface area contributed by atoms with Gasteiger partial charge in [-0.15, -0.1) is 0 Å². The van der Waals surface area contributed by atoms with Gasteiger partial charge in [-0.2, -0.15) is 0 Å². The van der Waals surface area contributed by atoms with Crippen molar-refractivity contribution in [3.63, 3.8) is 0 Å². The van der Waals surface area contributed by atoms with Crippen molar-refractivity contribution >= 4 is 23.9 Å². The standard InChI is InChI=1S/C29H28N4O6/c34-25(26(35)36)30-29(14-15-33(18-29)16-19-8-2-1-3-9-19)27(37)31-32-28(38)39-17-24-22-12-6-4-10-20(22)21-11-5-7-13-23(21)24/h1-13,24H,14-18H2,(H,30,34)(H,31,37)(H,32,38)(H,35,36). The first-order chi connectivity index (χ1) is 18.9. The quantitative estimate of drug-likeness (QED) is 0.285. The molecule has 1 saturated heterocycles. The Kier molecular flexibility index (Phi) is 7.29. The van der Waals surface area contributed by atoms with E-state index in [0.29, 0.717) is 13.1 Å². The maximum Gasteiger partial charge on any atom is 0.426 e. The van der Waals surface area contributed by atoms with Crippen molar-refractivity contribution in [3.8, 4) is 11.1 Å². The largest absolute Gasteiger partial charge is 0.474 e. The van der Waals surface area contributed by atoms with Gasteiger partial charge in [-0.05, 0) is 34.2 Å². The zero-order valence-electron chi connectivity index (χ0n) is 21.1. The predicted octanol–water partition coefficient (Wildman–Crippen LogP) is 2.40. The van der Waals surface area contributed by atoms with Gasteiger partial charge < -0.3 is 15.2 Å². The van der Waals surface area contributed by atoms with Gasteiger partial charge in [0.1, 0.15) is 12.1 Å². The summed E-state index contributed by atoms with van der Waals surface area (Å²) in [5.74, 6) is -3.89. The van der Waals surface area contributed by atoms with Crippen LogP contribution in [0.1, 0.15) is 29.0 Å². The zero-order chi connectivity index (χ0) is 27.4. The third-order valence-electron chi connectivity index (χ3n) is 7.20. The molecule has 0 spiro atoms. The maximum absolute atomic E-state index is 13.2. The molecule has 0 saturated carbocycles. The predicted molar refractivity (Wildman–Crippen MR) is 141 cm³/mol. The summed E-state index contributed by atoms with van der Waals surface area (Å²) in [6, 6.07) is 25.4. The minimum absolute atomic E-state index is 0.0570. The lowest BCUT2D eigenvalue weighted by atomic mass is 9.97. The van der Waals surface area contributed by atoms with E-state index >= 15 is 0 Å². The van der Waals surface area contributed by atoms with E-state index in [2.05, 4.69) is 16.2 Å². The highest BCUT2D eigenvalue weighted by molar-refractivity contribution is 6.32. The number of carboxylic acids is 1. The molecule has 10 nitrogen and oxygen atoms in total. The van der Waals surface area contributed by atoms with Crippen LogP contribution in [0.15, 0.2) is 78.9 Å². The zero-order valence-corrected chi connectivity index (χ0v) is 21.1. The minimum atomic E-state index is -1.70. The van der Waals surface area contributed by atoms with E-state index < -0.39 is 29.4 Å². The molecule has 3 aromatic rings. The van der Waals surface area contributed by atoms with Crippen LogP contribution in [0.3, 0.4) is 0 Å². The molecule has 1 atom stereocenters. The average Bonchev–Trinajstić information content (AvgIpc) is 3.50.